The fourth-order valence-electron chi connectivity index (χ4n) is 4.36. The molecule has 1 unspecified atom stereocenters. The van der Waals surface area contributed by atoms with Gasteiger partial charge in [0.05, 0.1) is 18.8 Å². The summed E-state index contributed by atoms with van der Waals surface area (Å²) in [6.45, 7) is -1.37. The van der Waals surface area contributed by atoms with Crippen LogP contribution in [0.5, 0.6) is 0 Å². The van der Waals surface area contributed by atoms with E-state index in [0.29, 0.717) is 0 Å². The highest BCUT2D eigenvalue weighted by Gasteiger charge is 2.69. The van der Waals surface area contributed by atoms with Gasteiger partial charge in [0.2, 0.25) is 0 Å². The number of carbonyl (C=O) groups is 2. The lowest BCUT2D eigenvalue weighted by molar-refractivity contribution is -0.952. The van der Waals surface area contributed by atoms with Crippen LogP contribution in [-0.2, 0) is 14.2 Å². The van der Waals surface area contributed by atoms with Gasteiger partial charge in [-0.25, -0.2) is 9.59 Å². The molecule has 0 radical (unpaired) electrons. The number of urea groups is 1. The third-order valence-electron chi connectivity index (χ3n) is 6.21. The van der Waals surface area contributed by atoms with Crippen LogP contribution in [0, 0.1) is 0 Å². The number of nitrogens with zero attached hydrogens (tertiary/aromatic N) is 3. The van der Waals surface area contributed by atoms with E-state index in [-0.39, 0.29) is 11.4 Å². The Bertz CT molecular complexity index is 1010. The number of aliphatic hydroxyl groups excluding tert-OH is 5. The second kappa shape index (κ2) is 10.0. The minimum absolute atomic E-state index is 0.0637. The maximum atomic E-state index is 13.4. The van der Waals surface area contributed by atoms with Crippen molar-refractivity contribution in [2.75, 3.05) is 20.3 Å². The third kappa shape index (κ3) is 4.23. The summed E-state index contributed by atoms with van der Waals surface area (Å²) in [6, 6.07) is 6.98. The van der Waals surface area contributed by atoms with E-state index in [0.717, 1.165) is 6.21 Å². The first-order chi connectivity index (χ1) is 16.8. The van der Waals surface area contributed by atoms with Gasteiger partial charge in [0.25, 0.3) is 12.5 Å². The summed E-state index contributed by atoms with van der Waals surface area (Å²) in [5, 5.41) is 58.2. The van der Waals surface area contributed by atoms with E-state index in [9.17, 15) is 35.1 Å². The number of aliphatic hydroxyl groups is 5. The molecule has 3 heterocycles. The Morgan fingerprint density at radius 2 is 1.69 bits per heavy atom. The summed E-state index contributed by atoms with van der Waals surface area (Å²) in [4.78, 5) is 29.8. The van der Waals surface area contributed by atoms with Crippen molar-refractivity contribution in [1.29, 1.82) is 0 Å². The monoisotopic (exact) mass is 495 g/mol. The summed E-state index contributed by atoms with van der Waals surface area (Å²) in [6.07, 6.45) is -11.1. The van der Waals surface area contributed by atoms with Gasteiger partial charge in [0, 0.05) is 7.05 Å². The SMILES string of the molecule is CN=C1C=N[N+]([C@@H]2O[C@H](CO)[C@@H](O)[C@H]2O)([C@@H]2O[C@H](CO)[C@@H](OC(=O)c3ccccc3)[C@@H]2O)C(=O)N1. The van der Waals surface area contributed by atoms with Crippen molar-refractivity contribution < 1.29 is 53.9 Å². The number of amidine groups is 1. The molecule has 14 heteroatoms. The van der Waals surface area contributed by atoms with Gasteiger partial charge in [-0.05, 0) is 12.1 Å². The number of esters is 1. The van der Waals surface area contributed by atoms with Gasteiger partial charge in [0.15, 0.2) is 24.1 Å². The van der Waals surface area contributed by atoms with Crippen LogP contribution in [0.25, 0.3) is 0 Å². The topological polar surface area (TPSA) is 200 Å². The van der Waals surface area contributed by atoms with Crippen molar-refractivity contribution in [3.05, 3.63) is 35.9 Å². The predicted octanol–water partition coefficient (Wildman–Crippen LogP) is -2.72. The van der Waals surface area contributed by atoms with Crippen LogP contribution in [0.4, 0.5) is 4.79 Å². The molecule has 3 aliphatic rings. The van der Waals surface area contributed by atoms with E-state index in [1.165, 1.54) is 19.2 Å². The Morgan fingerprint density at radius 1 is 1.06 bits per heavy atom. The number of ether oxygens (including phenoxy) is 3. The van der Waals surface area contributed by atoms with Gasteiger partial charge < -0.3 is 39.7 Å². The van der Waals surface area contributed by atoms with Crippen molar-refractivity contribution in [1.82, 2.24) is 5.32 Å². The van der Waals surface area contributed by atoms with Crippen molar-refractivity contribution >= 4 is 24.1 Å². The first kappa shape index (κ1) is 25.3. The number of benzene rings is 1. The first-order valence-corrected chi connectivity index (χ1v) is 10.8. The van der Waals surface area contributed by atoms with Gasteiger partial charge in [-0.15, -0.1) is 0 Å². The zero-order chi connectivity index (χ0) is 25.3. The molecular formula is C21H27N4O10+. The van der Waals surface area contributed by atoms with Crippen LogP contribution in [-0.4, -0.2) is 124 Å². The lowest BCUT2D eigenvalue weighted by Crippen LogP contribution is -2.72. The molecule has 0 saturated carbocycles. The van der Waals surface area contributed by atoms with Crippen LogP contribution in [0.1, 0.15) is 10.4 Å². The zero-order valence-corrected chi connectivity index (χ0v) is 18.6. The minimum atomic E-state index is -1.73. The van der Waals surface area contributed by atoms with Crippen molar-refractivity contribution in [3.8, 4) is 0 Å². The number of quaternary nitrogens is 1. The average Bonchev–Trinajstić information content (AvgIpc) is 3.35. The lowest BCUT2D eigenvalue weighted by Gasteiger charge is -2.40. The molecule has 35 heavy (non-hydrogen) atoms. The van der Waals surface area contributed by atoms with Crippen LogP contribution in [0.3, 0.4) is 0 Å². The number of carbonyl (C=O) groups excluding carboxylic acids is 2. The van der Waals surface area contributed by atoms with E-state index in [1.807, 2.05) is 0 Å². The molecule has 2 saturated heterocycles. The van der Waals surface area contributed by atoms with Crippen LogP contribution >= 0.6 is 0 Å². The molecule has 0 aliphatic carbocycles. The fourth-order valence-corrected chi connectivity index (χ4v) is 4.36. The summed E-state index contributed by atoms with van der Waals surface area (Å²) < 4.78 is 15.5. The standard InChI is InChI=1S/C21H26N4O10/c1-22-13-7-23-25(21(32)24-13,18-15(29)14(28)11(8-26)33-18)19-16(30)17(12(9-27)34-19)35-20(31)10-5-3-2-4-6-10/h2-7,11-12,14-19,26-30H,8-9H2,1H3/p+1/t11-,12-,14-,15-,16+,17-,18-,19-,25?/m1/s1. The summed E-state index contributed by atoms with van der Waals surface area (Å²) in [5.41, 5.74) is 0.185. The molecular weight excluding hydrogens is 468 g/mol. The Kier molecular flexibility index (Phi) is 7.25. The number of hydrogen-bond acceptors (Lipinski definition) is 12. The molecule has 9 atom stereocenters. The quantitative estimate of drug-likeness (QED) is 0.178. The Morgan fingerprint density at radius 3 is 2.26 bits per heavy atom. The molecule has 2 fully saturated rings. The largest absolute Gasteiger partial charge is 0.453 e. The summed E-state index contributed by atoms with van der Waals surface area (Å²) >= 11 is 0. The second-order valence-corrected chi connectivity index (χ2v) is 8.22. The van der Waals surface area contributed by atoms with Crippen LogP contribution < -0.4 is 5.32 Å². The lowest BCUT2D eigenvalue weighted by atomic mass is 10.1. The molecule has 1 aromatic carbocycles. The smallest absolute Gasteiger partial charge is 0.453 e. The third-order valence-corrected chi connectivity index (χ3v) is 6.21. The van der Waals surface area contributed by atoms with Gasteiger partial charge in [-0.1, -0.05) is 27.9 Å². The Hall–Kier alpha value is -2.82. The van der Waals surface area contributed by atoms with Crippen molar-refractivity contribution in [3.63, 3.8) is 0 Å². The van der Waals surface area contributed by atoms with Gasteiger partial charge in [0.1, 0.15) is 24.5 Å². The fraction of sp³-hybridized carbons (Fsp3) is 0.524. The van der Waals surface area contributed by atoms with Crippen molar-refractivity contribution in [2.45, 2.75) is 49.1 Å². The molecule has 0 aromatic heterocycles. The second-order valence-electron chi connectivity index (χ2n) is 8.22. The molecule has 2 amide bonds. The average molecular weight is 495 g/mol. The number of nitrogens with one attached hydrogen (secondary N) is 1. The van der Waals surface area contributed by atoms with E-state index < -0.39 is 78.9 Å². The predicted molar refractivity (Wildman–Crippen MR) is 116 cm³/mol. The van der Waals surface area contributed by atoms with Gasteiger partial charge in [-0.3, -0.25) is 10.3 Å². The van der Waals surface area contributed by atoms with Crippen LogP contribution in [0.2, 0.25) is 0 Å². The molecule has 190 valence electrons. The van der Waals surface area contributed by atoms with Crippen molar-refractivity contribution in [2.24, 2.45) is 10.1 Å². The van der Waals surface area contributed by atoms with E-state index >= 15 is 0 Å². The molecule has 1 aromatic rings. The molecule has 3 aliphatic heterocycles. The summed E-state index contributed by atoms with van der Waals surface area (Å²) in [7, 11) is 1.40. The molecule has 14 nitrogen and oxygen atoms in total. The van der Waals surface area contributed by atoms with Gasteiger partial charge >= 0.3 is 12.0 Å². The summed E-state index contributed by atoms with van der Waals surface area (Å²) in [5.74, 6) is -0.738. The van der Waals surface area contributed by atoms with Gasteiger partial charge in [-0.2, -0.15) is 0 Å². The molecule has 4 rings (SSSR count). The Balaban J connectivity index is 1.71. The molecule has 6 N–H and O–H groups in total. The minimum Gasteiger partial charge on any atom is -0.453 e. The van der Waals surface area contributed by atoms with E-state index in [2.05, 4.69) is 15.4 Å². The molecule has 0 spiro atoms. The maximum Gasteiger partial charge on any atom is 0.453 e. The highest BCUT2D eigenvalue weighted by Crippen LogP contribution is 2.40. The highest BCUT2D eigenvalue weighted by atomic mass is 16.6. The normalized spacial score (nSPS) is 40.2. The Labute approximate surface area is 199 Å². The van der Waals surface area contributed by atoms with E-state index in [4.69, 9.17) is 14.2 Å². The highest BCUT2D eigenvalue weighted by molar-refractivity contribution is 6.33. The number of rotatable bonds is 6. The van der Waals surface area contributed by atoms with Crippen LogP contribution in [0.15, 0.2) is 40.4 Å². The molecule has 0 bridgehead atoms. The number of amides is 2. The zero-order valence-electron chi connectivity index (χ0n) is 18.6. The number of aliphatic imine (C=N–C) groups is 1. The maximum absolute atomic E-state index is 13.4. The van der Waals surface area contributed by atoms with E-state index in [1.54, 1.807) is 18.2 Å². The first-order valence-electron chi connectivity index (χ1n) is 10.8. The number of hydrogen-bond donors (Lipinski definition) is 6.